The molecular formula is C13H14N2S. The van der Waals surface area contributed by atoms with Crippen LogP contribution in [-0.4, -0.2) is 11.0 Å². The number of hydrogen-bond acceptors (Lipinski definition) is 3. The number of rotatable bonds is 4. The zero-order valence-corrected chi connectivity index (χ0v) is 9.83. The van der Waals surface area contributed by atoms with Gasteiger partial charge in [-0.05, 0) is 12.8 Å². The predicted octanol–water partition coefficient (Wildman–Crippen LogP) is 3.06. The van der Waals surface area contributed by atoms with Crippen LogP contribution in [0.5, 0.6) is 0 Å². The third-order valence-electron chi connectivity index (χ3n) is 2.72. The number of hydrogen-bond donors (Lipinski definition) is 1. The monoisotopic (exact) mass is 230 g/mol. The van der Waals surface area contributed by atoms with Crippen LogP contribution in [0.15, 0.2) is 36.5 Å². The van der Waals surface area contributed by atoms with Crippen molar-refractivity contribution in [3.05, 3.63) is 41.4 Å². The van der Waals surface area contributed by atoms with Crippen molar-refractivity contribution in [3.8, 4) is 10.6 Å². The molecule has 1 aliphatic rings. The summed E-state index contributed by atoms with van der Waals surface area (Å²) in [7, 11) is 0. The minimum absolute atomic E-state index is 0.766. The van der Waals surface area contributed by atoms with Gasteiger partial charge >= 0.3 is 0 Å². The highest BCUT2D eigenvalue weighted by Crippen LogP contribution is 2.26. The molecule has 1 aliphatic carbocycles. The summed E-state index contributed by atoms with van der Waals surface area (Å²) < 4.78 is 0. The van der Waals surface area contributed by atoms with Gasteiger partial charge in [-0.2, -0.15) is 0 Å². The van der Waals surface area contributed by atoms with Crippen LogP contribution < -0.4 is 5.32 Å². The lowest BCUT2D eigenvalue weighted by Crippen LogP contribution is -2.14. The molecule has 16 heavy (non-hydrogen) atoms. The van der Waals surface area contributed by atoms with Crippen LogP contribution in [0.1, 0.15) is 17.7 Å². The summed E-state index contributed by atoms with van der Waals surface area (Å²) >= 11 is 1.78. The number of nitrogens with zero attached hydrogens (tertiary/aromatic N) is 1. The molecule has 0 radical (unpaired) electrons. The average Bonchev–Trinajstić information content (AvgIpc) is 3.05. The second kappa shape index (κ2) is 4.36. The van der Waals surface area contributed by atoms with E-state index in [9.17, 15) is 0 Å². The highest BCUT2D eigenvalue weighted by Gasteiger charge is 2.20. The first kappa shape index (κ1) is 10.00. The van der Waals surface area contributed by atoms with Crippen LogP contribution in [0.3, 0.4) is 0 Å². The molecule has 2 aromatic rings. The fourth-order valence-electron chi connectivity index (χ4n) is 1.64. The topological polar surface area (TPSA) is 24.9 Å². The molecule has 0 spiro atoms. The highest BCUT2D eigenvalue weighted by molar-refractivity contribution is 7.15. The van der Waals surface area contributed by atoms with Crippen molar-refractivity contribution in [1.82, 2.24) is 10.3 Å². The molecule has 1 N–H and O–H groups in total. The normalized spacial score (nSPS) is 15.2. The lowest BCUT2D eigenvalue weighted by molar-refractivity contribution is 0.694. The molecule has 0 bridgehead atoms. The molecule has 0 atom stereocenters. The molecule has 0 unspecified atom stereocenters. The molecule has 0 amide bonds. The Kier molecular flexibility index (Phi) is 2.72. The molecule has 1 aromatic heterocycles. The molecule has 1 fully saturated rings. The van der Waals surface area contributed by atoms with E-state index in [1.165, 1.54) is 23.3 Å². The van der Waals surface area contributed by atoms with Crippen LogP contribution in [0.25, 0.3) is 10.6 Å². The van der Waals surface area contributed by atoms with Gasteiger partial charge in [-0.15, -0.1) is 11.3 Å². The quantitative estimate of drug-likeness (QED) is 0.873. The average molecular weight is 230 g/mol. The number of thiazole rings is 1. The number of aromatic nitrogens is 1. The second-order valence-corrected chi connectivity index (χ2v) is 5.27. The Bertz CT molecular complexity index is 460. The lowest BCUT2D eigenvalue weighted by atomic mass is 10.2. The fraction of sp³-hybridized carbons (Fsp3) is 0.308. The van der Waals surface area contributed by atoms with Gasteiger partial charge in [-0.1, -0.05) is 30.3 Å². The van der Waals surface area contributed by atoms with E-state index in [1.54, 1.807) is 11.3 Å². The van der Waals surface area contributed by atoms with E-state index in [-0.39, 0.29) is 0 Å². The standard InChI is InChI=1S/C13H14N2S/c1-2-4-10(5-3-1)13-15-9-12(16-13)8-14-11-6-7-11/h1-5,9,11,14H,6-8H2. The van der Waals surface area contributed by atoms with Crippen molar-refractivity contribution < 1.29 is 0 Å². The minimum Gasteiger partial charge on any atom is -0.309 e. The Hall–Kier alpha value is -1.19. The van der Waals surface area contributed by atoms with Crippen LogP contribution in [0, 0.1) is 0 Å². The van der Waals surface area contributed by atoms with E-state index < -0.39 is 0 Å². The summed E-state index contributed by atoms with van der Waals surface area (Å²) in [5.41, 5.74) is 1.21. The Labute approximate surface area is 99.4 Å². The summed E-state index contributed by atoms with van der Waals surface area (Å²) in [6.07, 6.45) is 4.66. The molecule has 3 heteroatoms. The molecule has 1 aromatic carbocycles. The summed E-state index contributed by atoms with van der Waals surface area (Å²) in [5.74, 6) is 0. The van der Waals surface area contributed by atoms with Gasteiger partial charge in [-0.25, -0.2) is 4.98 Å². The molecule has 1 saturated carbocycles. The van der Waals surface area contributed by atoms with Gasteiger partial charge in [0.15, 0.2) is 0 Å². The number of benzene rings is 1. The van der Waals surface area contributed by atoms with Gasteiger partial charge in [0.1, 0.15) is 5.01 Å². The van der Waals surface area contributed by atoms with E-state index in [4.69, 9.17) is 0 Å². The maximum atomic E-state index is 4.46. The Morgan fingerprint density at radius 2 is 2.06 bits per heavy atom. The van der Waals surface area contributed by atoms with Crippen molar-refractivity contribution in [2.24, 2.45) is 0 Å². The Morgan fingerprint density at radius 1 is 1.25 bits per heavy atom. The SMILES string of the molecule is c1ccc(-c2ncc(CNC3CC3)s2)cc1. The van der Waals surface area contributed by atoms with Crippen molar-refractivity contribution in [2.45, 2.75) is 25.4 Å². The molecule has 3 rings (SSSR count). The smallest absolute Gasteiger partial charge is 0.123 e. The van der Waals surface area contributed by atoms with Crippen LogP contribution >= 0.6 is 11.3 Å². The molecule has 2 nitrogen and oxygen atoms in total. The first-order chi connectivity index (χ1) is 7.92. The van der Waals surface area contributed by atoms with Gasteiger partial charge in [0, 0.05) is 29.2 Å². The van der Waals surface area contributed by atoms with Crippen LogP contribution in [0.4, 0.5) is 0 Å². The molecular weight excluding hydrogens is 216 g/mol. The molecule has 0 saturated heterocycles. The van der Waals surface area contributed by atoms with Gasteiger partial charge in [0.25, 0.3) is 0 Å². The molecule has 0 aliphatic heterocycles. The van der Waals surface area contributed by atoms with Crippen molar-refractivity contribution in [2.75, 3.05) is 0 Å². The number of nitrogens with one attached hydrogen (secondary N) is 1. The summed E-state index contributed by atoms with van der Waals surface area (Å²) in [6.45, 7) is 0.967. The first-order valence-corrected chi connectivity index (χ1v) is 6.47. The van der Waals surface area contributed by atoms with E-state index in [0.717, 1.165) is 17.6 Å². The van der Waals surface area contributed by atoms with Crippen LogP contribution in [-0.2, 0) is 6.54 Å². The minimum atomic E-state index is 0.766. The third kappa shape index (κ3) is 2.31. The van der Waals surface area contributed by atoms with E-state index in [2.05, 4.69) is 34.6 Å². The van der Waals surface area contributed by atoms with Crippen molar-refractivity contribution in [1.29, 1.82) is 0 Å². The zero-order chi connectivity index (χ0) is 10.8. The van der Waals surface area contributed by atoms with E-state index in [0.29, 0.717) is 0 Å². The largest absolute Gasteiger partial charge is 0.309 e. The zero-order valence-electron chi connectivity index (χ0n) is 9.02. The second-order valence-electron chi connectivity index (χ2n) is 4.15. The van der Waals surface area contributed by atoms with Crippen LogP contribution in [0.2, 0.25) is 0 Å². The summed E-state index contributed by atoms with van der Waals surface area (Å²) in [5, 5.41) is 4.63. The van der Waals surface area contributed by atoms with Gasteiger partial charge in [0.2, 0.25) is 0 Å². The third-order valence-corrected chi connectivity index (χ3v) is 3.76. The van der Waals surface area contributed by atoms with Gasteiger partial charge in [-0.3, -0.25) is 0 Å². The Balaban J connectivity index is 1.71. The van der Waals surface area contributed by atoms with E-state index >= 15 is 0 Å². The van der Waals surface area contributed by atoms with E-state index in [1.807, 2.05) is 12.3 Å². The first-order valence-electron chi connectivity index (χ1n) is 5.65. The molecule has 82 valence electrons. The maximum Gasteiger partial charge on any atom is 0.123 e. The van der Waals surface area contributed by atoms with Gasteiger partial charge < -0.3 is 5.32 Å². The maximum absolute atomic E-state index is 4.46. The lowest BCUT2D eigenvalue weighted by Gasteiger charge is -1.97. The highest BCUT2D eigenvalue weighted by atomic mass is 32.1. The van der Waals surface area contributed by atoms with Crippen molar-refractivity contribution >= 4 is 11.3 Å². The van der Waals surface area contributed by atoms with Crippen molar-refractivity contribution in [3.63, 3.8) is 0 Å². The van der Waals surface area contributed by atoms with Gasteiger partial charge in [0.05, 0.1) is 0 Å². The fourth-order valence-corrected chi connectivity index (χ4v) is 2.50. The Morgan fingerprint density at radius 3 is 2.81 bits per heavy atom. The summed E-state index contributed by atoms with van der Waals surface area (Å²) in [6, 6.07) is 11.1. The summed E-state index contributed by atoms with van der Waals surface area (Å²) in [4.78, 5) is 5.79. The predicted molar refractivity (Wildman–Crippen MR) is 67.4 cm³/mol. The molecule has 1 heterocycles.